The Hall–Kier alpha value is -2.23. The molecule has 7 nitrogen and oxygen atoms in total. The molecule has 0 saturated heterocycles. The standard InChI is InChI=1S/C20H24BrN3O4S/c1-12-5-6-16(21)11-17(12)24-19(25)7-8-23-20(26)15-9-13(2)14(3)18(10-15)29(27,28)22-4/h5-6,9-11,22H,7-8H2,1-4H3,(H,23,26)(H,24,25). The van der Waals surface area contributed by atoms with E-state index >= 15 is 0 Å². The van der Waals surface area contributed by atoms with E-state index in [1.807, 2.05) is 25.1 Å². The van der Waals surface area contributed by atoms with Gasteiger partial charge in [0.05, 0.1) is 4.90 Å². The van der Waals surface area contributed by atoms with Crippen molar-refractivity contribution < 1.29 is 18.0 Å². The van der Waals surface area contributed by atoms with E-state index in [1.54, 1.807) is 19.9 Å². The number of carbonyl (C=O) groups excluding carboxylic acids is 2. The average molecular weight is 482 g/mol. The van der Waals surface area contributed by atoms with Crippen molar-refractivity contribution in [1.29, 1.82) is 0 Å². The van der Waals surface area contributed by atoms with Crippen LogP contribution in [-0.4, -0.2) is 33.8 Å². The Bertz CT molecular complexity index is 1050. The molecule has 2 amide bonds. The summed E-state index contributed by atoms with van der Waals surface area (Å²) in [6.45, 7) is 5.45. The molecule has 0 spiro atoms. The zero-order valence-electron chi connectivity index (χ0n) is 16.7. The lowest BCUT2D eigenvalue weighted by molar-refractivity contribution is -0.116. The molecule has 0 radical (unpaired) electrons. The van der Waals surface area contributed by atoms with Gasteiger partial charge < -0.3 is 10.6 Å². The fourth-order valence-electron chi connectivity index (χ4n) is 2.68. The van der Waals surface area contributed by atoms with Gasteiger partial charge in [0.25, 0.3) is 5.91 Å². The predicted molar refractivity (Wildman–Crippen MR) is 117 cm³/mol. The maximum absolute atomic E-state index is 12.5. The lowest BCUT2D eigenvalue weighted by Gasteiger charge is -2.13. The molecule has 0 aliphatic carbocycles. The minimum atomic E-state index is -3.68. The fourth-order valence-corrected chi connectivity index (χ4v) is 4.11. The first-order valence-corrected chi connectivity index (χ1v) is 11.2. The number of hydrogen-bond acceptors (Lipinski definition) is 4. The molecule has 0 unspecified atom stereocenters. The number of hydrogen-bond donors (Lipinski definition) is 3. The quantitative estimate of drug-likeness (QED) is 0.564. The fraction of sp³-hybridized carbons (Fsp3) is 0.300. The molecule has 0 aliphatic heterocycles. The molecule has 0 bridgehead atoms. The van der Waals surface area contributed by atoms with Crippen LogP contribution < -0.4 is 15.4 Å². The third-order valence-electron chi connectivity index (χ3n) is 4.55. The number of anilines is 1. The number of rotatable bonds is 7. The smallest absolute Gasteiger partial charge is 0.251 e. The van der Waals surface area contributed by atoms with Crippen molar-refractivity contribution in [1.82, 2.24) is 10.0 Å². The first-order valence-electron chi connectivity index (χ1n) is 8.94. The van der Waals surface area contributed by atoms with Gasteiger partial charge in [-0.2, -0.15) is 0 Å². The molecule has 0 saturated carbocycles. The second-order valence-corrected chi connectivity index (χ2v) is 9.41. The second-order valence-electron chi connectivity index (χ2n) is 6.64. The topological polar surface area (TPSA) is 104 Å². The highest BCUT2D eigenvalue weighted by Gasteiger charge is 2.19. The van der Waals surface area contributed by atoms with Crippen molar-refractivity contribution in [3.8, 4) is 0 Å². The first kappa shape index (κ1) is 23.1. The molecular formula is C20H24BrN3O4S. The summed E-state index contributed by atoms with van der Waals surface area (Å²) < 4.78 is 27.5. The van der Waals surface area contributed by atoms with E-state index in [-0.39, 0.29) is 29.3 Å². The highest BCUT2D eigenvalue weighted by molar-refractivity contribution is 9.10. The molecule has 0 fully saturated rings. The molecule has 29 heavy (non-hydrogen) atoms. The lowest BCUT2D eigenvalue weighted by Crippen LogP contribution is -2.28. The van der Waals surface area contributed by atoms with E-state index in [0.717, 1.165) is 10.0 Å². The number of nitrogens with one attached hydrogen (secondary N) is 3. The van der Waals surface area contributed by atoms with Gasteiger partial charge in [0.15, 0.2) is 0 Å². The highest BCUT2D eigenvalue weighted by atomic mass is 79.9. The molecule has 0 aromatic heterocycles. The summed E-state index contributed by atoms with van der Waals surface area (Å²) in [5.74, 6) is -0.669. The first-order chi connectivity index (χ1) is 13.5. The van der Waals surface area contributed by atoms with Crippen LogP contribution in [0.25, 0.3) is 0 Å². The minimum absolute atomic E-state index is 0.0630. The van der Waals surface area contributed by atoms with Crippen LogP contribution in [-0.2, 0) is 14.8 Å². The van der Waals surface area contributed by atoms with Gasteiger partial charge in [-0.05, 0) is 68.8 Å². The molecule has 0 aliphatic rings. The summed E-state index contributed by atoms with van der Waals surface area (Å²) in [5.41, 5.74) is 3.13. The Morgan fingerprint density at radius 3 is 2.38 bits per heavy atom. The van der Waals surface area contributed by atoms with Crippen LogP contribution in [0.4, 0.5) is 5.69 Å². The molecule has 2 rings (SSSR count). The van der Waals surface area contributed by atoms with Gasteiger partial charge in [-0.25, -0.2) is 13.1 Å². The van der Waals surface area contributed by atoms with E-state index in [0.29, 0.717) is 16.8 Å². The zero-order valence-corrected chi connectivity index (χ0v) is 19.1. The molecular weight excluding hydrogens is 458 g/mol. The molecule has 9 heteroatoms. The van der Waals surface area contributed by atoms with Gasteiger partial charge in [0, 0.05) is 28.7 Å². The number of sulfonamides is 1. The van der Waals surface area contributed by atoms with Crippen molar-refractivity contribution in [2.24, 2.45) is 0 Å². The van der Waals surface area contributed by atoms with Crippen LogP contribution in [0.5, 0.6) is 0 Å². The molecule has 2 aromatic rings. The SMILES string of the molecule is CNS(=O)(=O)c1cc(C(=O)NCCC(=O)Nc2cc(Br)ccc2C)cc(C)c1C. The lowest BCUT2D eigenvalue weighted by atomic mass is 10.1. The second kappa shape index (κ2) is 9.51. The van der Waals surface area contributed by atoms with E-state index in [9.17, 15) is 18.0 Å². The normalized spacial score (nSPS) is 11.2. The minimum Gasteiger partial charge on any atom is -0.352 e. The Balaban J connectivity index is 2.02. The van der Waals surface area contributed by atoms with Gasteiger partial charge in [-0.3, -0.25) is 9.59 Å². The summed E-state index contributed by atoms with van der Waals surface area (Å²) in [6, 6.07) is 8.55. The molecule has 156 valence electrons. The maximum Gasteiger partial charge on any atom is 0.251 e. The van der Waals surface area contributed by atoms with E-state index in [1.165, 1.54) is 13.1 Å². The predicted octanol–water partition coefficient (Wildman–Crippen LogP) is 3.04. The maximum atomic E-state index is 12.5. The number of aryl methyl sites for hydroxylation is 2. The Morgan fingerprint density at radius 1 is 1.03 bits per heavy atom. The van der Waals surface area contributed by atoms with Crippen LogP contribution in [0.3, 0.4) is 0 Å². The van der Waals surface area contributed by atoms with Crippen molar-refractivity contribution in [2.75, 3.05) is 18.9 Å². The van der Waals surface area contributed by atoms with E-state index < -0.39 is 15.9 Å². The third-order valence-corrected chi connectivity index (χ3v) is 6.59. The van der Waals surface area contributed by atoms with Crippen LogP contribution >= 0.6 is 15.9 Å². The summed E-state index contributed by atoms with van der Waals surface area (Å²) in [7, 11) is -2.36. The number of carbonyl (C=O) groups is 2. The van der Waals surface area contributed by atoms with E-state index in [2.05, 4.69) is 31.3 Å². The summed E-state index contributed by atoms with van der Waals surface area (Å²) in [5, 5.41) is 5.47. The number of halogens is 1. The van der Waals surface area contributed by atoms with Gasteiger partial charge in [0.1, 0.15) is 0 Å². The van der Waals surface area contributed by atoms with Gasteiger partial charge in [-0.15, -0.1) is 0 Å². The molecule has 0 heterocycles. The Morgan fingerprint density at radius 2 is 1.72 bits per heavy atom. The van der Waals surface area contributed by atoms with Crippen molar-refractivity contribution in [3.05, 3.63) is 57.1 Å². The van der Waals surface area contributed by atoms with Gasteiger partial charge in [-0.1, -0.05) is 22.0 Å². The van der Waals surface area contributed by atoms with Crippen molar-refractivity contribution in [2.45, 2.75) is 32.1 Å². The number of benzene rings is 2. The van der Waals surface area contributed by atoms with Crippen LogP contribution in [0.15, 0.2) is 39.7 Å². The molecule has 0 atom stereocenters. The van der Waals surface area contributed by atoms with Crippen LogP contribution in [0, 0.1) is 20.8 Å². The summed E-state index contributed by atoms with van der Waals surface area (Å²) in [4.78, 5) is 24.7. The van der Waals surface area contributed by atoms with Crippen molar-refractivity contribution in [3.63, 3.8) is 0 Å². The summed E-state index contributed by atoms with van der Waals surface area (Å²) >= 11 is 3.36. The Kier molecular flexibility index (Phi) is 7.56. The molecule has 2 aromatic carbocycles. The third kappa shape index (κ3) is 5.88. The monoisotopic (exact) mass is 481 g/mol. The zero-order chi connectivity index (χ0) is 21.8. The highest BCUT2D eigenvalue weighted by Crippen LogP contribution is 2.22. The Labute approximate surface area is 179 Å². The molecule has 3 N–H and O–H groups in total. The number of amides is 2. The van der Waals surface area contributed by atoms with Crippen LogP contribution in [0.2, 0.25) is 0 Å². The van der Waals surface area contributed by atoms with E-state index in [4.69, 9.17) is 0 Å². The van der Waals surface area contributed by atoms with Crippen LogP contribution in [0.1, 0.15) is 33.5 Å². The summed E-state index contributed by atoms with van der Waals surface area (Å²) in [6.07, 6.45) is 0.0875. The van der Waals surface area contributed by atoms with Gasteiger partial charge in [0.2, 0.25) is 15.9 Å². The average Bonchev–Trinajstić information content (AvgIpc) is 2.66. The largest absolute Gasteiger partial charge is 0.352 e. The van der Waals surface area contributed by atoms with Gasteiger partial charge >= 0.3 is 0 Å². The van der Waals surface area contributed by atoms with Crippen molar-refractivity contribution >= 4 is 43.5 Å².